The second-order valence-electron chi connectivity index (χ2n) is 7.14. The van der Waals surface area contributed by atoms with Crippen LogP contribution in [-0.2, 0) is 14.8 Å². The largest absolute Gasteiger partial charge is 0.292 e. The summed E-state index contributed by atoms with van der Waals surface area (Å²) in [5.41, 5.74) is 4.00. The zero-order valence-electron chi connectivity index (χ0n) is 17.9. The molecule has 0 atom stereocenters. The number of thioether (sulfide) groups is 1. The standard InChI is InChI=1S/C23H19N5O4S2/c1-15(29)21(27-26-16-11-13-18(14-12-16)34(24,31)32)33-23-25-20-10-6-5-9-19(20)22(30)28(23)17-7-3-2-4-8-17/h2-14,26H,1H3,(H2,24,31,32)/b27-21+. The van der Waals surface area contributed by atoms with Gasteiger partial charge in [0.2, 0.25) is 10.0 Å². The van der Waals surface area contributed by atoms with Gasteiger partial charge in [0.1, 0.15) is 0 Å². The summed E-state index contributed by atoms with van der Waals surface area (Å²) >= 11 is 0.948. The number of nitrogens with one attached hydrogen (secondary N) is 1. The van der Waals surface area contributed by atoms with Gasteiger partial charge in [-0.1, -0.05) is 30.3 Å². The summed E-state index contributed by atoms with van der Waals surface area (Å²) < 4.78 is 24.3. The third kappa shape index (κ3) is 5.06. The average Bonchev–Trinajstić information content (AvgIpc) is 2.82. The van der Waals surface area contributed by atoms with Crippen molar-refractivity contribution in [3.63, 3.8) is 0 Å². The normalized spacial score (nSPS) is 12.0. The molecule has 0 aliphatic heterocycles. The SMILES string of the molecule is CC(=O)/C(=N\Nc1ccc(S(N)(=O)=O)cc1)Sc1nc2ccccc2c(=O)n1-c1ccccc1. The number of para-hydroxylation sites is 2. The number of Topliss-reactive ketones (excluding diaryl/α,β-unsaturated/α-hetero) is 1. The van der Waals surface area contributed by atoms with Gasteiger partial charge in [0, 0.05) is 6.92 Å². The maximum Gasteiger partial charge on any atom is 0.266 e. The van der Waals surface area contributed by atoms with Crippen LogP contribution in [0.5, 0.6) is 0 Å². The zero-order valence-corrected chi connectivity index (χ0v) is 19.5. The molecule has 0 aliphatic rings. The molecule has 0 saturated heterocycles. The molecule has 11 heteroatoms. The molecule has 1 heterocycles. The van der Waals surface area contributed by atoms with Gasteiger partial charge in [-0.3, -0.25) is 19.6 Å². The molecule has 0 spiro atoms. The van der Waals surface area contributed by atoms with E-state index in [1.807, 2.05) is 6.07 Å². The number of primary sulfonamides is 1. The first-order valence-electron chi connectivity index (χ1n) is 9.96. The van der Waals surface area contributed by atoms with Gasteiger partial charge in [-0.15, -0.1) is 0 Å². The number of hydrogen-bond donors (Lipinski definition) is 2. The third-order valence-corrected chi connectivity index (χ3v) is 6.68. The summed E-state index contributed by atoms with van der Waals surface area (Å²) in [4.78, 5) is 30.2. The van der Waals surface area contributed by atoms with Crippen molar-refractivity contribution in [2.75, 3.05) is 5.43 Å². The molecule has 0 saturated carbocycles. The van der Waals surface area contributed by atoms with Crippen LogP contribution in [-0.4, -0.2) is 28.8 Å². The summed E-state index contributed by atoms with van der Waals surface area (Å²) in [6, 6.07) is 21.6. The van der Waals surface area contributed by atoms with Crippen molar-refractivity contribution >= 4 is 49.2 Å². The number of nitrogens with zero attached hydrogens (tertiary/aromatic N) is 3. The first kappa shape index (κ1) is 23.4. The van der Waals surface area contributed by atoms with Crippen LogP contribution in [0.2, 0.25) is 0 Å². The van der Waals surface area contributed by atoms with Crippen LogP contribution in [0.3, 0.4) is 0 Å². The summed E-state index contributed by atoms with van der Waals surface area (Å²) in [5, 5.41) is 10.1. The van der Waals surface area contributed by atoms with Crippen molar-refractivity contribution in [2.24, 2.45) is 10.2 Å². The summed E-state index contributed by atoms with van der Waals surface area (Å²) in [6.07, 6.45) is 0. The van der Waals surface area contributed by atoms with Gasteiger partial charge >= 0.3 is 0 Å². The van der Waals surface area contributed by atoms with Crippen LogP contribution in [0, 0.1) is 0 Å². The molecular weight excluding hydrogens is 474 g/mol. The Hall–Kier alpha value is -3.80. The molecule has 0 unspecified atom stereocenters. The van der Waals surface area contributed by atoms with E-state index in [0.717, 1.165) is 11.8 Å². The fraction of sp³-hybridized carbons (Fsp3) is 0.0435. The molecule has 3 N–H and O–H groups in total. The molecule has 1 aromatic heterocycles. The number of fused-ring (bicyclic) bond motifs is 1. The van der Waals surface area contributed by atoms with E-state index in [2.05, 4.69) is 15.5 Å². The predicted molar refractivity (Wildman–Crippen MR) is 133 cm³/mol. The number of hydrazone groups is 1. The van der Waals surface area contributed by atoms with E-state index in [-0.39, 0.29) is 26.4 Å². The lowest BCUT2D eigenvalue weighted by Gasteiger charge is -2.13. The molecule has 34 heavy (non-hydrogen) atoms. The number of nitrogens with two attached hydrogens (primary N) is 1. The van der Waals surface area contributed by atoms with Crippen LogP contribution in [0.4, 0.5) is 5.69 Å². The van der Waals surface area contributed by atoms with Crippen LogP contribution in [0.25, 0.3) is 16.6 Å². The van der Waals surface area contributed by atoms with Gasteiger partial charge in [0.25, 0.3) is 5.56 Å². The molecule has 4 rings (SSSR count). The number of anilines is 1. The highest BCUT2D eigenvalue weighted by molar-refractivity contribution is 8.15. The minimum Gasteiger partial charge on any atom is -0.292 e. The fourth-order valence-corrected chi connectivity index (χ4v) is 4.43. The number of carbonyl (C=O) groups excluding carboxylic acids is 1. The first-order chi connectivity index (χ1) is 16.2. The Labute approximate surface area is 199 Å². The van der Waals surface area contributed by atoms with Crippen molar-refractivity contribution in [2.45, 2.75) is 17.0 Å². The van der Waals surface area contributed by atoms with E-state index >= 15 is 0 Å². The third-order valence-electron chi connectivity index (χ3n) is 4.72. The molecule has 0 radical (unpaired) electrons. The molecule has 0 bridgehead atoms. The maximum atomic E-state index is 13.3. The Kier molecular flexibility index (Phi) is 6.59. The second-order valence-corrected chi connectivity index (χ2v) is 9.66. The molecule has 0 amide bonds. The summed E-state index contributed by atoms with van der Waals surface area (Å²) in [7, 11) is -3.82. The lowest BCUT2D eigenvalue weighted by Crippen LogP contribution is -2.23. The zero-order chi connectivity index (χ0) is 24.3. The van der Waals surface area contributed by atoms with Gasteiger partial charge < -0.3 is 0 Å². The Morgan fingerprint density at radius 3 is 2.29 bits per heavy atom. The summed E-state index contributed by atoms with van der Waals surface area (Å²) in [5.74, 6) is -0.347. The van der Waals surface area contributed by atoms with Crippen LogP contribution in [0.1, 0.15) is 6.92 Å². The van der Waals surface area contributed by atoms with Crippen LogP contribution >= 0.6 is 11.8 Å². The smallest absolute Gasteiger partial charge is 0.266 e. The van der Waals surface area contributed by atoms with E-state index < -0.39 is 10.0 Å². The number of rotatable bonds is 6. The summed E-state index contributed by atoms with van der Waals surface area (Å²) in [6.45, 7) is 1.35. The van der Waals surface area contributed by atoms with Crippen molar-refractivity contribution in [3.8, 4) is 5.69 Å². The lowest BCUT2D eigenvalue weighted by molar-refractivity contribution is -0.110. The van der Waals surface area contributed by atoms with Crippen molar-refractivity contribution in [1.29, 1.82) is 0 Å². The number of benzene rings is 3. The van der Waals surface area contributed by atoms with Gasteiger partial charge in [-0.25, -0.2) is 18.5 Å². The van der Waals surface area contributed by atoms with Gasteiger partial charge in [-0.05, 0) is 60.3 Å². The number of ketones is 1. The Bertz CT molecular complexity index is 1570. The highest BCUT2D eigenvalue weighted by Crippen LogP contribution is 2.23. The van der Waals surface area contributed by atoms with E-state index in [1.165, 1.54) is 35.8 Å². The van der Waals surface area contributed by atoms with Crippen LogP contribution < -0.4 is 16.1 Å². The van der Waals surface area contributed by atoms with Gasteiger partial charge in [-0.2, -0.15) is 5.10 Å². The topological polar surface area (TPSA) is 137 Å². The van der Waals surface area contributed by atoms with Crippen molar-refractivity contribution in [3.05, 3.63) is 89.2 Å². The average molecular weight is 494 g/mol. The number of carbonyl (C=O) groups is 1. The quantitative estimate of drug-likeness (QED) is 0.138. The van der Waals surface area contributed by atoms with E-state index in [1.54, 1.807) is 48.5 Å². The van der Waals surface area contributed by atoms with Gasteiger partial charge in [0.05, 0.1) is 27.2 Å². The molecule has 0 fully saturated rings. The minimum absolute atomic E-state index is 0.0459. The highest BCUT2D eigenvalue weighted by atomic mass is 32.2. The number of hydrogen-bond acceptors (Lipinski definition) is 8. The van der Waals surface area contributed by atoms with E-state index in [4.69, 9.17) is 5.14 Å². The monoisotopic (exact) mass is 493 g/mol. The minimum atomic E-state index is -3.82. The molecular formula is C23H19N5O4S2. The van der Waals surface area contributed by atoms with Crippen LogP contribution in [0.15, 0.2) is 98.8 Å². The fourth-order valence-electron chi connectivity index (χ4n) is 3.08. The predicted octanol–water partition coefficient (Wildman–Crippen LogP) is 3.14. The molecule has 4 aromatic rings. The molecule has 0 aliphatic carbocycles. The molecule has 9 nitrogen and oxygen atoms in total. The highest BCUT2D eigenvalue weighted by Gasteiger charge is 2.18. The molecule has 3 aromatic carbocycles. The Balaban J connectivity index is 1.74. The first-order valence-corrected chi connectivity index (χ1v) is 12.3. The maximum absolute atomic E-state index is 13.3. The Morgan fingerprint density at radius 2 is 1.65 bits per heavy atom. The second kappa shape index (κ2) is 9.59. The van der Waals surface area contributed by atoms with Crippen molar-refractivity contribution < 1.29 is 13.2 Å². The lowest BCUT2D eigenvalue weighted by atomic mass is 10.2. The van der Waals surface area contributed by atoms with E-state index in [9.17, 15) is 18.0 Å². The number of sulfonamides is 1. The van der Waals surface area contributed by atoms with E-state index in [0.29, 0.717) is 22.3 Å². The van der Waals surface area contributed by atoms with Crippen molar-refractivity contribution in [1.82, 2.24) is 9.55 Å². The Morgan fingerprint density at radius 1 is 1.00 bits per heavy atom. The number of aromatic nitrogens is 2. The molecule has 172 valence electrons. The van der Waals surface area contributed by atoms with Gasteiger partial charge in [0.15, 0.2) is 16.0 Å².